The minimum Gasteiger partial charge on any atom is -0.494 e. The van der Waals surface area contributed by atoms with Crippen LogP contribution in [0.5, 0.6) is 5.75 Å². The Labute approximate surface area is 148 Å². The van der Waals surface area contributed by atoms with Gasteiger partial charge in [0.05, 0.1) is 17.6 Å². The molecule has 3 rings (SSSR count). The zero-order chi connectivity index (χ0) is 17.6. The van der Waals surface area contributed by atoms with Crippen molar-refractivity contribution in [3.63, 3.8) is 0 Å². The maximum atomic E-state index is 11.2. The van der Waals surface area contributed by atoms with Crippen molar-refractivity contribution in [1.82, 2.24) is 9.55 Å². The summed E-state index contributed by atoms with van der Waals surface area (Å²) in [6, 6.07) is 16.1. The number of carbonyl (C=O) groups is 1. The molecule has 0 N–H and O–H groups in total. The van der Waals surface area contributed by atoms with Gasteiger partial charge in [-0.3, -0.25) is 4.79 Å². The minimum absolute atomic E-state index is 0.471. The second-order valence-corrected chi connectivity index (χ2v) is 6.31. The van der Waals surface area contributed by atoms with E-state index in [1.807, 2.05) is 41.0 Å². The van der Waals surface area contributed by atoms with Crippen LogP contribution in [-0.2, 0) is 6.54 Å². The first kappa shape index (κ1) is 17.2. The van der Waals surface area contributed by atoms with Gasteiger partial charge in [0.25, 0.3) is 0 Å². The molecule has 2 aromatic carbocycles. The second-order valence-electron chi connectivity index (χ2n) is 6.31. The highest BCUT2D eigenvalue weighted by atomic mass is 16.5. The first-order valence-corrected chi connectivity index (χ1v) is 8.86. The molecule has 0 radical (unpaired) electrons. The van der Waals surface area contributed by atoms with Crippen LogP contribution in [0.25, 0.3) is 11.0 Å². The summed E-state index contributed by atoms with van der Waals surface area (Å²) in [6.07, 6.45) is 2.76. The van der Waals surface area contributed by atoms with Crippen LogP contribution in [0.2, 0.25) is 0 Å². The lowest BCUT2D eigenvalue weighted by molar-refractivity contribution is 0.111. The molecule has 0 aliphatic carbocycles. The Morgan fingerprint density at radius 2 is 1.92 bits per heavy atom. The van der Waals surface area contributed by atoms with E-state index in [0.717, 1.165) is 35.9 Å². The van der Waals surface area contributed by atoms with Crippen LogP contribution >= 0.6 is 0 Å². The summed E-state index contributed by atoms with van der Waals surface area (Å²) >= 11 is 0. The maximum absolute atomic E-state index is 11.2. The maximum Gasteiger partial charge on any atom is 0.185 e. The van der Waals surface area contributed by atoms with Gasteiger partial charge in [-0.1, -0.05) is 38.1 Å². The quantitative estimate of drug-likeness (QED) is 0.437. The van der Waals surface area contributed by atoms with Gasteiger partial charge in [-0.2, -0.15) is 0 Å². The lowest BCUT2D eigenvalue weighted by Crippen LogP contribution is -2.07. The van der Waals surface area contributed by atoms with E-state index >= 15 is 0 Å². The standard InChI is InChI=1S/C21H24N2O2/c1-3-16(2)17-9-11-18(12-10-17)25-14-6-13-23-20-8-5-4-7-19(20)22-21(23)15-24/h4-5,7-12,15-16H,3,6,13-14H2,1-2H3. The van der Waals surface area contributed by atoms with Crippen LogP contribution in [0.3, 0.4) is 0 Å². The second kappa shape index (κ2) is 7.97. The molecule has 0 bridgehead atoms. The third-order valence-electron chi connectivity index (χ3n) is 4.65. The van der Waals surface area contributed by atoms with Crippen LogP contribution < -0.4 is 4.74 Å². The molecule has 0 fully saturated rings. The molecule has 1 unspecified atom stereocenters. The molecule has 0 aliphatic heterocycles. The summed E-state index contributed by atoms with van der Waals surface area (Å²) in [5, 5.41) is 0. The van der Waals surface area contributed by atoms with E-state index in [1.54, 1.807) is 0 Å². The van der Waals surface area contributed by atoms with Gasteiger partial charge in [-0.25, -0.2) is 4.98 Å². The van der Waals surface area contributed by atoms with Gasteiger partial charge in [0, 0.05) is 6.54 Å². The Balaban J connectivity index is 1.58. The molecular formula is C21H24N2O2. The third-order valence-corrected chi connectivity index (χ3v) is 4.65. The van der Waals surface area contributed by atoms with Crippen LogP contribution in [0.15, 0.2) is 48.5 Å². The molecular weight excluding hydrogens is 312 g/mol. The van der Waals surface area contributed by atoms with Crippen LogP contribution in [0, 0.1) is 0 Å². The van der Waals surface area contributed by atoms with Crippen molar-refractivity contribution in [2.45, 2.75) is 39.2 Å². The largest absolute Gasteiger partial charge is 0.494 e. The fourth-order valence-electron chi connectivity index (χ4n) is 2.96. The van der Waals surface area contributed by atoms with Crippen molar-refractivity contribution >= 4 is 17.3 Å². The Morgan fingerprint density at radius 3 is 2.64 bits per heavy atom. The first-order valence-electron chi connectivity index (χ1n) is 8.86. The Morgan fingerprint density at radius 1 is 1.16 bits per heavy atom. The van der Waals surface area contributed by atoms with Crippen molar-refractivity contribution in [2.75, 3.05) is 6.61 Å². The first-order chi connectivity index (χ1) is 12.2. The third kappa shape index (κ3) is 3.90. The zero-order valence-electron chi connectivity index (χ0n) is 14.8. The van der Waals surface area contributed by atoms with Gasteiger partial charge in [-0.05, 0) is 48.6 Å². The van der Waals surface area contributed by atoms with Gasteiger partial charge in [0.1, 0.15) is 5.75 Å². The summed E-state index contributed by atoms with van der Waals surface area (Å²) in [7, 11) is 0. The van der Waals surface area contributed by atoms with Crippen molar-refractivity contribution in [3.8, 4) is 5.75 Å². The molecule has 0 amide bonds. The average Bonchev–Trinajstić information content (AvgIpc) is 3.03. The van der Waals surface area contributed by atoms with Gasteiger partial charge in [0.2, 0.25) is 0 Å². The number of nitrogens with zero attached hydrogens (tertiary/aromatic N) is 2. The highest BCUT2D eigenvalue weighted by molar-refractivity contribution is 5.82. The lowest BCUT2D eigenvalue weighted by atomic mass is 9.99. The van der Waals surface area contributed by atoms with E-state index in [9.17, 15) is 4.79 Å². The highest BCUT2D eigenvalue weighted by Gasteiger charge is 2.09. The van der Waals surface area contributed by atoms with Crippen molar-refractivity contribution < 1.29 is 9.53 Å². The summed E-state index contributed by atoms with van der Waals surface area (Å²) in [6.45, 7) is 5.74. The fraction of sp³-hybridized carbons (Fsp3) is 0.333. The molecule has 1 aromatic heterocycles. The Kier molecular flexibility index (Phi) is 5.49. The number of aldehydes is 1. The molecule has 4 nitrogen and oxygen atoms in total. The smallest absolute Gasteiger partial charge is 0.185 e. The molecule has 3 aromatic rings. The van der Waals surface area contributed by atoms with E-state index in [2.05, 4.69) is 31.0 Å². The number of aromatic nitrogens is 2. The SMILES string of the molecule is CCC(C)c1ccc(OCCCn2c(C=O)nc3ccccc32)cc1. The number of ether oxygens (including phenoxy) is 1. The number of imidazole rings is 1. The molecule has 25 heavy (non-hydrogen) atoms. The summed E-state index contributed by atoms with van der Waals surface area (Å²) in [5.74, 6) is 1.93. The topological polar surface area (TPSA) is 44.1 Å². The van der Waals surface area contributed by atoms with Crippen molar-refractivity contribution in [1.29, 1.82) is 0 Å². The van der Waals surface area contributed by atoms with Crippen LogP contribution in [0.1, 0.15) is 48.8 Å². The number of aryl methyl sites for hydroxylation is 1. The number of carbonyl (C=O) groups excluding carboxylic acids is 1. The van der Waals surface area contributed by atoms with E-state index in [4.69, 9.17) is 4.74 Å². The number of hydrogen-bond acceptors (Lipinski definition) is 3. The monoisotopic (exact) mass is 336 g/mol. The molecule has 1 atom stereocenters. The molecule has 0 aliphatic rings. The predicted octanol–water partition coefficient (Wildman–Crippen LogP) is 4.83. The molecule has 130 valence electrons. The minimum atomic E-state index is 0.471. The fourth-order valence-corrected chi connectivity index (χ4v) is 2.96. The summed E-state index contributed by atoms with van der Waals surface area (Å²) in [5.41, 5.74) is 3.18. The van der Waals surface area contributed by atoms with Gasteiger partial charge < -0.3 is 9.30 Å². The van der Waals surface area contributed by atoms with E-state index in [1.165, 1.54) is 5.56 Å². The number of rotatable bonds is 8. The summed E-state index contributed by atoms with van der Waals surface area (Å²) in [4.78, 5) is 15.6. The van der Waals surface area contributed by atoms with Gasteiger partial charge in [-0.15, -0.1) is 0 Å². The zero-order valence-corrected chi connectivity index (χ0v) is 14.8. The van der Waals surface area contributed by atoms with Crippen molar-refractivity contribution in [3.05, 3.63) is 59.9 Å². The van der Waals surface area contributed by atoms with Crippen LogP contribution in [0.4, 0.5) is 0 Å². The molecule has 0 spiro atoms. The van der Waals surface area contributed by atoms with E-state index < -0.39 is 0 Å². The molecule has 0 saturated carbocycles. The number of fused-ring (bicyclic) bond motifs is 1. The van der Waals surface area contributed by atoms with E-state index in [0.29, 0.717) is 24.9 Å². The molecule has 1 heterocycles. The van der Waals surface area contributed by atoms with E-state index in [-0.39, 0.29) is 0 Å². The number of benzene rings is 2. The Bertz CT molecular complexity index is 837. The van der Waals surface area contributed by atoms with Crippen molar-refractivity contribution in [2.24, 2.45) is 0 Å². The summed E-state index contributed by atoms with van der Waals surface area (Å²) < 4.78 is 7.79. The van der Waals surface area contributed by atoms with Crippen LogP contribution in [-0.4, -0.2) is 22.4 Å². The normalized spacial score (nSPS) is 12.2. The lowest BCUT2D eigenvalue weighted by Gasteiger charge is -2.11. The average molecular weight is 336 g/mol. The van der Waals surface area contributed by atoms with Gasteiger partial charge >= 0.3 is 0 Å². The Hall–Kier alpha value is -2.62. The predicted molar refractivity (Wildman–Crippen MR) is 100 cm³/mol. The van der Waals surface area contributed by atoms with Gasteiger partial charge in [0.15, 0.2) is 12.1 Å². The number of para-hydroxylation sites is 2. The molecule has 4 heteroatoms. The number of hydrogen-bond donors (Lipinski definition) is 0. The highest BCUT2D eigenvalue weighted by Crippen LogP contribution is 2.21. The molecule has 0 saturated heterocycles.